The number of aromatic carboxylic acids is 1. The molecule has 0 bridgehead atoms. The van der Waals surface area contributed by atoms with E-state index in [9.17, 15) is 14.4 Å². The summed E-state index contributed by atoms with van der Waals surface area (Å²) in [5, 5.41) is 11.5. The van der Waals surface area contributed by atoms with E-state index in [1.54, 1.807) is 4.90 Å². The highest BCUT2D eigenvalue weighted by Gasteiger charge is 2.34. The molecule has 1 unspecified atom stereocenters. The normalized spacial score (nSPS) is 16.7. The summed E-state index contributed by atoms with van der Waals surface area (Å²) in [6.07, 6.45) is 0.177. The van der Waals surface area contributed by atoms with Crippen molar-refractivity contribution < 1.29 is 23.9 Å². The molecule has 1 aliphatic rings. The zero-order valence-electron chi connectivity index (χ0n) is 14.4. The summed E-state index contributed by atoms with van der Waals surface area (Å²) < 4.78 is 5.10. The minimum absolute atomic E-state index is 0.0445. The number of furan rings is 1. The van der Waals surface area contributed by atoms with Gasteiger partial charge in [-0.3, -0.25) is 9.59 Å². The van der Waals surface area contributed by atoms with Crippen LogP contribution in [0.15, 0.2) is 40.8 Å². The monoisotopic (exact) mass is 356 g/mol. The fraction of sp³-hybridized carbons (Fsp3) is 0.316. The lowest BCUT2D eigenvalue weighted by Crippen LogP contribution is -2.32. The number of nitrogens with one attached hydrogen (secondary N) is 1. The number of rotatable bonds is 6. The summed E-state index contributed by atoms with van der Waals surface area (Å²) in [6, 6.07) is 10.8. The highest BCUT2D eigenvalue weighted by Crippen LogP contribution is 2.21. The van der Waals surface area contributed by atoms with Crippen LogP contribution in [-0.2, 0) is 22.7 Å². The zero-order chi connectivity index (χ0) is 18.7. The summed E-state index contributed by atoms with van der Waals surface area (Å²) in [4.78, 5) is 36.9. The number of carbonyl (C=O) groups excluding carboxylic acids is 2. The summed E-state index contributed by atoms with van der Waals surface area (Å²) in [6.45, 7) is 2.96. The number of amides is 2. The molecular formula is C19H20N2O5. The first-order valence-electron chi connectivity index (χ1n) is 8.35. The molecule has 0 saturated carbocycles. The quantitative estimate of drug-likeness (QED) is 0.824. The number of nitrogens with zero attached hydrogens (tertiary/aromatic N) is 1. The van der Waals surface area contributed by atoms with Crippen LogP contribution >= 0.6 is 0 Å². The van der Waals surface area contributed by atoms with Crippen molar-refractivity contribution in [3.63, 3.8) is 0 Å². The molecule has 2 aromatic rings. The minimum atomic E-state index is -1.16. The number of likely N-dealkylation sites (tertiary alicyclic amines) is 1. The van der Waals surface area contributed by atoms with Crippen LogP contribution in [-0.4, -0.2) is 34.3 Å². The van der Waals surface area contributed by atoms with Crippen LogP contribution in [0.1, 0.15) is 33.9 Å². The predicted octanol–water partition coefficient (Wildman–Crippen LogP) is 1.95. The Balaban J connectivity index is 1.53. The molecule has 1 aliphatic heterocycles. The van der Waals surface area contributed by atoms with Gasteiger partial charge in [0.25, 0.3) is 0 Å². The van der Waals surface area contributed by atoms with Gasteiger partial charge in [-0.05, 0) is 24.6 Å². The van der Waals surface area contributed by atoms with E-state index in [-0.39, 0.29) is 30.5 Å². The van der Waals surface area contributed by atoms with Crippen LogP contribution in [0.3, 0.4) is 0 Å². The Morgan fingerprint density at radius 2 is 1.96 bits per heavy atom. The highest BCUT2D eigenvalue weighted by atomic mass is 16.4. The average molecular weight is 356 g/mol. The van der Waals surface area contributed by atoms with E-state index in [1.165, 1.54) is 12.1 Å². The van der Waals surface area contributed by atoms with E-state index in [2.05, 4.69) is 5.32 Å². The van der Waals surface area contributed by atoms with Crippen LogP contribution in [0.2, 0.25) is 0 Å². The van der Waals surface area contributed by atoms with Gasteiger partial charge in [-0.2, -0.15) is 0 Å². The zero-order valence-corrected chi connectivity index (χ0v) is 14.4. The molecule has 7 heteroatoms. The Labute approximate surface area is 150 Å². The molecule has 136 valence electrons. The molecule has 1 fully saturated rings. The molecule has 26 heavy (non-hydrogen) atoms. The molecule has 2 N–H and O–H groups in total. The predicted molar refractivity (Wildman–Crippen MR) is 92.2 cm³/mol. The Morgan fingerprint density at radius 1 is 1.23 bits per heavy atom. The molecule has 1 aromatic carbocycles. The first-order chi connectivity index (χ1) is 12.4. The smallest absolute Gasteiger partial charge is 0.371 e. The van der Waals surface area contributed by atoms with Crippen LogP contribution in [0, 0.1) is 12.8 Å². The van der Waals surface area contributed by atoms with E-state index in [4.69, 9.17) is 9.52 Å². The van der Waals surface area contributed by atoms with Gasteiger partial charge >= 0.3 is 5.97 Å². The fourth-order valence-electron chi connectivity index (χ4n) is 2.92. The van der Waals surface area contributed by atoms with Crippen molar-refractivity contribution in [3.8, 4) is 0 Å². The SMILES string of the molecule is Cc1ccc(CN2CC(C(=O)NCc3ccc(C(=O)O)o3)CC2=O)cc1. The summed E-state index contributed by atoms with van der Waals surface area (Å²) in [5.74, 6) is -1.67. The van der Waals surface area contributed by atoms with E-state index in [1.807, 2.05) is 31.2 Å². The third-order valence-electron chi connectivity index (χ3n) is 4.39. The molecule has 7 nitrogen and oxygen atoms in total. The van der Waals surface area contributed by atoms with Crippen molar-refractivity contribution in [2.45, 2.75) is 26.4 Å². The van der Waals surface area contributed by atoms with Gasteiger partial charge in [0.15, 0.2) is 0 Å². The molecule has 2 heterocycles. The third kappa shape index (κ3) is 4.11. The van der Waals surface area contributed by atoms with Crippen LogP contribution < -0.4 is 5.32 Å². The lowest BCUT2D eigenvalue weighted by atomic mass is 10.1. The molecule has 1 atom stereocenters. The number of hydrogen-bond donors (Lipinski definition) is 2. The van der Waals surface area contributed by atoms with Crippen molar-refractivity contribution in [2.75, 3.05) is 6.54 Å². The Bertz CT molecular complexity index is 825. The lowest BCUT2D eigenvalue weighted by molar-refractivity contribution is -0.129. The van der Waals surface area contributed by atoms with Gasteiger partial charge in [-0.25, -0.2) is 4.79 Å². The topological polar surface area (TPSA) is 99.8 Å². The van der Waals surface area contributed by atoms with Crippen LogP contribution in [0.25, 0.3) is 0 Å². The van der Waals surface area contributed by atoms with Gasteiger partial charge < -0.3 is 19.7 Å². The number of benzene rings is 1. The largest absolute Gasteiger partial charge is 0.475 e. The second kappa shape index (κ2) is 7.43. The second-order valence-electron chi connectivity index (χ2n) is 6.45. The van der Waals surface area contributed by atoms with Gasteiger partial charge in [0, 0.05) is 19.5 Å². The lowest BCUT2D eigenvalue weighted by Gasteiger charge is -2.16. The van der Waals surface area contributed by atoms with Crippen molar-refractivity contribution >= 4 is 17.8 Å². The molecule has 0 radical (unpaired) electrons. The average Bonchev–Trinajstić information content (AvgIpc) is 3.22. The molecule has 3 rings (SSSR count). The molecular weight excluding hydrogens is 336 g/mol. The van der Waals surface area contributed by atoms with Crippen molar-refractivity contribution in [1.82, 2.24) is 10.2 Å². The van der Waals surface area contributed by atoms with Gasteiger partial charge in [-0.1, -0.05) is 29.8 Å². The molecule has 0 spiro atoms. The van der Waals surface area contributed by atoms with Gasteiger partial charge in [-0.15, -0.1) is 0 Å². The maximum atomic E-state index is 12.3. The van der Waals surface area contributed by atoms with E-state index < -0.39 is 11.9 Å². The Morgan fingerprint density at radius 3 is 2.62 bits per heavy atom. The number of carboxylic acids is 1. The molecule has 0 aliphatic carbocycles. The molecule has 2 amide bonds. The van der Waals surface area contributed by atoms with E-state index in [0.29, 0.717) is 18.8 Å². The summed E-state index contributed by atoms with van der Waals surface area (Å²) in [7, 11) is 0. The third-order valence-corrected chi connectivity index (χ3v) is 4.39. The Hall–Kier alpha value is -3.09. The van der Waals surface area contributed by atoms with Crippen LogP contribution in [0.5, 0.6) is 0 Å². The molecule has 1 aromatic heterocycles. The van der Waals surface area contributed by atoms with Gasteiger partial charge in [0.1, 0.15) is 5.76 Å². The maximum Gasteiger partial charge on any atom is 0.371 e. The standard InChI is InChI=1S/C19H20N2O5/c1-12-2-4-13(5-3-12)10-21-11-14(8-17(21)22)18(23)20-9-15-6-7-16(26-15)19(24)25/h2-7,14H,8-11H2,1H3,(H,20,23)(H,24,25). The summed E-state index contributed by atoms with van der Waals surface area (Å²) in [5.41, 5.74) is 2.18. The van der Waals surface area contributed by atoms with Gasteiger partial charge in [0.2, 0.25) is 17.6 Å². The Kier molecular flexibility index (Phi) is 5.06. The second-order valence-corrected chi connectivity index (χ2v) is 6.45. The van der Waals surface area contributed by atoms with Gasteiger partial charge in [0.05, 0.1) is 12.5 Å². The number of hydrogen-bond acceptors (Lipinski definition) is 4. The maximum absolute atomic E-state index is 12.3. The van der Waals surface area contributed by atoms with Crippen molar-refractivity contribution in [3.05, 3.63) is 59.0 Å². The summed E-state index contributed by atoms with van der Waals surface area (Å²) >= 11 is 0. The van der Waals surface area contributed by atoms with Crippen molar-refractivity contribution in [1.29, 1.82) is 0 Å². The number of carbonyl (C=O) groups is 3. The van der Waals surface area contributed by atoms with Crippen molar-refractivity contribution in [2.24, 2.45) is 5.92 Å². The fourth-order valence-corrected chi connectivity index (χ4v) is 2.92. The number of carboxylic acid groups (broad SMARTS) is 1. The van der Waals surface area contributed by atoms with Crippen LogP contribution in [0.4, 0.5) is 0 Å². The molecule has 1 saturated heterocycles. The van der Waals surface area contributed by atoms with E-state index >= 15 is 0 Å². The highest BCUT2D eigenvalue weighted by molar-refractivity contribution is 5.89. The van der Waals surface area contributed by atoms with E-state index in [0.717, 1.165) is 11.1 Å². The first-order valence-corrected chi connectivity index (χ1v) is 8.35. The first kappa shape index (κ1) is 17.7. The minimum Gasteiger partial charge on any atom is -0.475 e. The number of aryl methyl sites for hydroxylation is 1.